The number of nitrogens with one attached hydrogen (secondary N) is 1. The zero-order chi connectivity index (χ0) is 15.6. The quantitative estimate of drug-likeness (QED) is 0.909. The second-order valence-electron chi connectivity index (χ2n) is 4.75. The molecule has 1 amide bonds. The fourth-order valence-electron chi connectivity index (χ4n) is 1.88. The van der Waals surface area contributed by atoms with Crippen molar-refractivity contribution in [2.75, 3.05) is 5.32 Å². The van der Waals surface area contributed by atoms with Crippen LogP contribution in [0.3, 0.4) is 0 Å². The van der Waals surface area contributed by atoms with E-state index in [4.69, 9.17) is 5.11 Å². The molecule has 0 heterocycles. The predicted molar refractivity (Wildman–Crippen MR) is 77.2 cm³/mol. The number of carbonyl (C=O) groups excluding carboxylic acids is 1. The Morgan fingerprint density at radius 3 is 2.38 bits per heavy atom. The van der Waals surface area contributed by atoms with E-state index in [1.807, 2.05) is 19.9 Å². The molecule has 0 aliphatic carbocycles. The highest BCUT2D eigenvalue weighted by Crippen LogP contribution is 2.19. The minimum atomic E-state index is -1.30. The molecular weight excluding hydrogens is 273 g/mol. The maximum atomic E-state index is 13.1. The van der Waals surface area contributed by atoms with Gasteiger partial charge in [0.25, 0.3) is 5.91 Å². The number of benzene rings is 2. The summed E-state index contributed by atoms with van der Waals surface area (Å²) in [4.78, 5) is 23.2. The molecule has 0 saturated heterocycles. The first-order chi connectivity index (χ1) is 9.88. The monoisotopic (exact) mass is 287 g/mol. The van der Waals surface area contributed by atoms with Crippen LogP contribution in [-0.2, 0) is 0 Å². The van der Waals surface area contributed by atoms with E-state index in [1.165, 1.54) is 6.07 Å². The van der Waals surface area contributed by atoms with Gasteiger partial charge in [-0.3, -0.25) is 4.79 Å². The third-order valence-corrected chi connectivity index (χ3v) is 3.23. The number of carboxylic acid groups (broad SMARTS) is 1. The van der Waals surface area contributed by atoms with Gasteiger partial charge in [0.05, 0.1) is 11.3 Å². The van der Waals surface area contributed by atoms with Crippen LogP contribution in [0.15, 0.2) is 36.4 Å². The number of rotatable bonds is 3. The highest BCUT2D eigenvalue weighted by atomic mass is 19.1. The first kappa shape index (κ1) is 14.7. The summed E-state index contributed by atoms with van der Waals surface area (Å²) in [6.07, 6.45) is 0. The largest absolute Gasteiger partial charge is 0.478 e. The molecule has 2 rings (SSSR count). The highest BCUT2D eigenvalue weighted by molar-refractivity contribution is 6.07. The number of halogens is 1. The first-order valence-electron chi connectivity index (χ1n) is 6.30. The third-order valence-electron chi connectivity index (χ3n) is 3.23. The van der Waals surface area contributed by atoms with Crippen molar-refractivity contribution in [1.82, 2.24) is 0 Å². The van der Waals surface area contributed by atoms with Gasteiger partial charge in [-0.15, -0.1) is 0 Å². The Morgan fingerprint density at radius 1 is 1.05 bits per heavy atom. The van der Waals surface area contributed by atoms with Crippen LogP contribution in [0, 0.1) is 19.7 Å². The summed E-state index contributed by atoms with van der Waals surface area (Å²) in [5.74, 6) is -2.41. The molecule has 0 saturated carbocycles. The molecule has 2 N–H and O–H groups in total. The second-order valence-corrected chi connectivity index (χ2v) is 4.75. The summed E-state index contributed by atoms with van der Waals surface area (Å²) < 4.78 is 13.1. The normalized spacial score (nSPS) is 10.2. The third kappa shape index (κ3) is 3.25. The van der Waals surface area contributed by atoms with E-state index in [1.54, 1.807) is 12.1 Å². The van der Waals surface area contributed by atoms with Crippen LogP contribution in [0.5, 0.6) is 0 Å². The molecule has 2 aromatic carbocycles. The number of hydrogen-bond acceptors (Lipinski definition) is 2. The maximum Gasteiger partial charge on any atom is 0.337 e. The molecule has 0 atom stereocenters. The van der Waals surface area contributed by atoms with E-state index < -0.39 is 17.7 Å². The van der Waals surface area contributed by atoms with Gasteiger partial charge < -0.3 is 10.4 Å². The van der Waals surface area contributed by atoms with E-state index in [-0.39, 0.29) is 11.3 Å². The second kappa shape index (κ2) is 5.75. The number of hydrogen-bond donors (Lipinski definition) is 2. The van der Waals surface area contributed by atoms with Crippen molar-refractivity contribution in [2.24, 2.45) is 0 Å². The van der Waals surface area contributed by atoms with Crippen LogP contribution in [0.2, 0.25) is 0 Å². The van der Waals surface area contributed by atoms with Crippen molar-refractivity contribution in [3.8, 4) is 0 Å². The van der Waals surface area contributed by atoms with Crippen LogP contribution in [-0.4, -0.2) is 17.0 Å². The van der Waals surface area contributed by atoms with Gasteiger partial charge in [0, 0.05) is 5.56 Å². The molecule has 0 aliphatic rings. The fourth-order valence-corrected chi connectivity index (χ4v) is 1.88. The lowest BCUT2D eigenvalue weighted by Crippen LogP contribution is -2.15. The Balaban J connectivity index is 2.31. The molecule has 0 bridgehead atoms. The summed E-state index contributed by atoms with van der Waals surface area (Å²) in [6, 6.07) is 8.39. The molecule has 4 nitrogen and oxygen atoms in total. The summed E-state index contributed by atoms with van der Waals surface area (Å²) in [5, 5.41) is 11.5. The zero-order valence-corrected chi connectivity index (χ0v) is 11.6. The standard InChI is InChI=1S/C16H14FNO3/c1-9-3-4-11(7-10(9)2)15(19)18-14-6-5-12(17)8-13(14)16(20)21/h3-8H,1-2H3,(H,18,19)(H,20,21). The summed E-state index contributed by atoms with van der Waals surface area (Å²) in [7, 11) is 0. The average Bonchev–Trinajstić information content (AvgIpc) is 2.43. The van der Waals surface area contributed by atoms with E-state index in [0.717, 1.165) is 23.3 Å². The number of carbonyl (C=O) groups is 2. The van der Waals surface area contributed by atoms with E-state index >= 15 is 0 Å². The summed E-state index contributed by atoms with van der Waals surface area (Å²) in [5.41, 5.74) is 2.21. The molecule has 0 fully saturated rings. The summed E-state index contributed by atoms with van der Waals surface area (Å²) >= 11 is 0. The Morgan fingerprint density at radius 2 is 1.76 bits per heavy atom. The zero-order valence-electron chi connectivity index (χ0n) is 11.6. The molecule has 108 valence electrons. The predicted octanol–water partition coefficient (Wildman–Crippen LogP) is 3.39. The Kier molecular flexibility index (Phi) is 4.03. The van der Waals surface area contributed by atoms with Gasteiger partial charge in [-0.1, -0.05) is 6.07 Å². The highest BCUT2D eigenvalue weighted by Gasteiger charge is 2.14. The van der Waals surface area contributed by atoms with Gasteiger partial charge in [0.1, 0.15) is 5.82 Å². The SMILES string of the molecule is Cc1ccc(C(=O)Nc2ccc(F)cc2C(=O)O)cc1C. The van der Waals surface area contributed by atoms with Crippen LogP contribution < -0.4 is 5.32 Å². The minimum absolute atomic E-state index is 0.0622. The lowest BCUT2D eigenvalue weighted by Gasteiger charge is -2.09. The van der Waals surface area contributed by atoms with Gasteiger partial charge in [0.2, 0.25) is 0 Å². The molecule has 0 radical (unpaired) electrons. The molecule has 0 spiro atoms. The van der Waals surface area contributed by atoms with Gasteiger partial charge in [-0.2, -0.15) is 0 Å². The lowest BCUT2D eigenvalue weighted by atomic mass is 10.1. The number of carboxylic acids is 1. The molecule has 5 heteroatoms. The average molecular weight is 287 g/mol. The van der Waals surface area contributed by atoms with Crippen molar-refractivity contribution < 1.29 is 19.1 Å². The molecular formula is C16H14FNO3. The molecule has 0 aliphatic heterocycles. The number of aromatic carboxylic acids is 1. The van der Waals surface area contributed by atoms with Gasteiger partial charge in [0.15, 0.2) is 0 Å². The number of anilines is 1. The van der Waals surface area contributed by atoms with Gasteiger partial charge in [-0.25, -0.2) is 9.18 Å². The van der Waals surface area contributed by atoms with Crippen LogP contribution in [0.1, 0.15) is 31.8 Å². The van der Waals surface area contributed by atoms with Crippen molar-refractivity contribution in [3.63, 3.8) is 0 Å². The topological polar surface area (TPSA) is 66.4 Å². The number of aryl methyl sites for hydroxylation is 2. The first-order valence-corrected chi connectivity index (χ1v) is 6.30. The molecule has 2 aromatic rings. The van der Waals surface area contributed by atoms with Crippen LogP contribution in [0.4, 0.5) is 10.1 Å². The van der Waals surface area contributed by atoms with Crippen LogP contribution >= 0.6 is 0 Å². The molecule has 21 heavy (non-hydrogen) atoms. The van der Waals surface area contributed by atoms with E-state index in [0.29, 0.717) is 5.56 Å². The fraction of sp³-hybridized carbons (Fsp3) is 0.125. The van der Waals surface area contributed by atoms with Crippen molar-refractivity contribution in [2.45, 2.75) is 13.8 Å². The van der Waals surface area contributed by atoms with E-state index in [2.05, 4.69) is 5.32 Å². The van der Waals surface area contributed by atoms with Crippen molar-refractivity contribution >= 4 is 17.6 Å². The lowest BCUT2D eigenvalue weighted by molar-refractivity contribution is 0.0697. The van der Waals surface area contributed by atoms with Crippen molar-refractivity contribution in [1.29, 1.82) is 0 Å². The van der Waals surface area contributed by atoms with Crippen LogP contribution in [0.25, 0.3) is 0 Å². The number of amides is 1. The molecule has 0 aromatic heterocycles. The minimum Gasteiger partial charge on any atom is -0.478 e. The molecule has 0 unspecified atom stereocenters. The Bertz CT molecular complexity index is 725. The van der Waals surface area contributed by atoms with Gasteiger partial charge >= 0.3 is 5.97 Å². The van der Waals surface area contributed by atoms with Gasteiger partial charge in [-0.05, 0) is 55.3 Å². The van der Waals surface area contributed by atoms with Crippen molar-refractivity contribution in [3.05, 3.63) is 64.5 Å². The smallest absolute Gasteiger partial charge is 0.337 e. The Labute approximate surface area is 121 Å². The van der Waals surface area contributed by atoms with E-state index in [9.17, 15) is 14.0 Å². The Hall–Kier alpha value is -2.69. The summed E-state index contributed by atoms with van der Waals surface area (Å²) in [6.45, 7) is 3.81. The maximum absolute atomic E-state index is 13.1.